The summed E-state index contributed by atoms with van der Waals surface area (Å²) >= 11 is 0. The summed E-state index contributed by atoms with van der Waals surface area (Å²) < 4.78 is 0. The third kappa shape index (κ3) is 2.50. The topological polar surface area (TPSA) is 49.3 Å². The number of aliphatic hydroxyl groups is 1. The normalized spacial score (nSPS) is 21.6. The monoisotopic (exact) mass is 157 g/mol. The molecule has 1 fully saturated rings. The number of amides is 1. The highest BCUT2D eigenvalue weighted by atomic mass is 16.3. The second kappa shape index (κ2) is 3.72. The Labute approximate surface area is 66.8 Å². The van der Waals surface area contributed by atoms with Gasteiger partial charge >= 0.3 is 0 Å². The lowest BCUT2D eigenvalue weighted by atomic mass is 10.2. The number of aliphatic hydroxyl groups excluding tert-OH is 1. The molecule has 0 unspecified atom stereocenters. The van der Waals surface area contributed by atoms with E-state index in [-0.39, 0.29) is 5.91 Å². The van der Waals surface area contributed by atoms with Crippen molar-refractivity contribution in [2.75, 3.05) is 0 Å². The molecule has 0 radical (unpaired) electrons. The van der Waals surface area contributed by atoms with E-state index in [1.165, 1.54) is 19.8 Å². The van der Waals surface area contributed by atoms with E-state index in [0.717, 1.165) is 12.8 Å². The van der Waals surface area contributed by atoms with Gasteiger partial charge in [0.15, 0.2) is 0 Å². The lowest BCUT2D eigenvalue weighted by molar-refractivity contribution is -0.129. The lowest BCUT2D eigenvalue weighted by Gasteiger charge is -2.12. The van der Waals surface area contributed by atoms with Gasteiger partial charge in [0.05, 0.1) is 0 Å². The van der Waals surface area contributed by atoms with Gasteiger partial charge in [0.2, 0.25) is 5.91 Å². The van der Waals surface area contributed by atoms with Crippen molar-refractivity contribution in [2.24, 2.45) is 0 Å². The number of nitrogens with one attached hydrogen (secondary N) is 1. The van der Waals surface area contributed by atoms with Gasteiger partial charge < -0.3 is 10.4 Å². The third-order valence-corrected chi connectivity index (χ3v) is 2.08. The summed E-state index contributed by atoms with van der Waals surface area (Å²) in [6, 6.07) is 0.317. The van der Waals surface area contributed by atoms with Crippen LogP contribution in [-0.4, -0.2) is 23.2 Å². The van der Waals surface area contributed by atoms with Crippen molar-refractivity contribution < 1.29 is 9.90 Å². The standard InChI is InChI=1S/C8H15NO2/c1-6(10)8(11)9-7-4-2-3-5-7/h6-7,10H,2-5H2,1H3,(H,9,11)/t6-/m0/s1. The molecule has 1 saturated carbocycles. The minimum atomic E-state index is -0.865. The van der Waals surface area contributed by atoms with Crippen molar-refractivity contribution in [2.45, 2.75) is 44.8 Å². The predicted molar refractivity (Wildman–Crippen MR) is 42.1 cm³/mol. The maximum atomic E-state index is 10.9. The molecule has 1 aliphatic rings. The zero-order chi connectivity index (χ0) is 8.27. The molecule has 0 bridgehead atoms. The molecular weight excluding hydrogens is 142 g/mol. The van der Waals surface area contributed by atoms with Crippen LogP contribution in [0.5, 0.6) is 0 Å². The zero-order valence-electron chi connectivity index (χ0n) is 6.84. The largest absolute Gasteiger partial charge is 0.384 e. The van der Waals surface area contributed by atoms with Gasteiger partial charge in [0.25, 0.3) is 0 Å². The number of carbonyl (C=O) groups is 1. The minimum Gasteiger partial charge on any atom is -0.384 e. The maximum absolute atomic E-state index is 10.9. The van der Waals surface area contributed by atoms with E-state index in [2.05, 4.69) is 5.32 Å². The summed E-state index contributed by atoms with van der Waals surface area (Å²) in [5.74, 6) is -0.239. The van der Waals surface area contributed by atoms with Crippen LogP contribution in [0.2, 0.25) is 0 Å². The Kier molecular flexibility index (Phi) is 2.88. The number of rotatable bonds is 2. The Morgan fingerprint density at radius 3 is 2.55 bits per heavy atom. The second-order valence-electron chi connectivity index (χ2n) is 3.17. The first-order valence-corrected chi connectivity index (χ1v) is 4.18. The van der Waals surface area contributed by atoms with Crippen molar-refractivity contribution in [3.63, 3.8) is 0 Å². The van der Waals surface area contributed by atoms with Gasteiger partial charge in [-0.15, -0.1) is 0 Å². The van der Waals surface area contributed by atoms with Crippen LogP contribution >= 0.6 is 0 Å². The maximum Gasteiger partial charge on any atom is 0.248 e. The lowest BCUT2D eigenvalue weighted by Crippen LogP contribution is -2.38. The Bertz CT molecular complexity index is 139. The SMILES string of the molecule is C[C@H](O)C(=O)NC1CCCC1. The highest BCUT2D eigenvalue weighted by Gasteiger charge is 2.18. The van der Waals surface area contributed by atoms with Gasteiger partial charge in [0.1, 0.15) is 6.10 Å². The van der Waals surface area contributed by atoms with Crippen LogP contribution < -0.4 is 5.32 Å². The number of hydrogen-bond acceptors (Lipinski definition) is 2. The van der Waals surface area contributed by atoms with Crippen molar-refractivity contribution in [1.29, 1.82) is 0 Å². The molecule has 2 N–H and O–H groups in total. The number of carbonyl (C=O) groups excluding carboxylic acids is 1. The average molecular weight is 157 g/mol. The summed E-state index contributed by atoms with van der Waals surface area (Å²) in [5, 5.41) is 11.7. The molecule has 0 saturated heterocycles. The van der Waals surface area contributed by atoms with Crippen LogP contribution in [0.4, 0.5) is 0 Å². The van der Waals surface area contributed by atoms with Gasteiger partial charge in [-0.1, -0.05) is 12.8 Å². The molecule has 3 heteroatoms. The van der Waals surface area contributed by atoms with Gasteiger partial charge in [-0.25, -0.2) is 0 Å². The first-order chi connectivity index (χ1) is 5.20. The zero-order valence-corrected chi connectivity index (χ0v) is 6.84. The fourth-order valence-electron chi connectivity index (χ4n) is 1.39. The summed E-state index contributed by atoms with van der Waals surface area (Å²) in [7, 11) is 0. The molecule has 0 aromatic carbocycles. The smallest absolute Gasteiger partial charge is 0.248 e. The van der Waals surface area contributed by atoms with E-state index in [0.29, 0.717) is 6.04 Å². The van der Waals surface area contributed by atoms with Crippen LogP contribution in [0.25, 0.3) is 0 Å². The van der Waals surface area contributed by atoms with Gasteiger partial charge in [-0.2, -0.15) is 0 Å². The second-order valence-corrected chi connectivity index (χ2v) is 3.17. The molecular formula is C8H15NO2. The summed E-state index contributed by atoms with van der Waals surface area (Å²) in [5.41, 5.74) is 0. The molecule has 64 valence electrons. The van der Waals surface area contributed by atoms with Crippen molar-refractivity contribution in [3.05, 3.63) is 0 Å². The minimum absolute atomic E-state index is 0.239. The van der Waals surface area contributed by atoms with Crippen molar-refractivity contribution in [1.82, 2.24) is 5.32 Å². The van der Waals surface area contributed by atoms with E-state index >= 15 is 0 Å². The quantitative estimate of drug-likeness (QED) is 0.610. The van der Waals surface area contributed by atoms with Gasteiger partial charge in [-0.3, -0.25) is 4.79 Å². The first-order valence-electron chi connectivity index (χ1n) is 4.18. The van der Waals surface area contributed by atoms with Crippen LogP contribution in [0.3, 0.4) is 0 Å². The van der Waals surface area contributed by atoms with E-state index in [9.17, 15) is 4.79 Å². The summed E-state index contributed by atoms with van der Waals surface area (Å²) in [6.07, 6.45) is 3.67. The van der Waals surface area contributed by atoms with E-state index in [1.807, 2.05) is 0 Å². The van der Waals surface area contributed by atoms with Crippen LogP contribution in [0, 0.1) is 0 Å². The van der Waals surface area contributed by atoms with Crippen LogP contribution in [0.15, 0.2) is 0 Å². The first kappa shape index (κ1) is 8.53. The third-order valence-electron chi connectivity index (χ3n) is 2.08. The Morgan fingerprint density at radius 2 is 2.09 bits per heavy atom. The fourth-order valence-corrected chi connectivity index (χ4v) is 1.39. The molecule has 0 spiro atoms. The van der Waals surface area contributed by atoms with Gasteiger partial charge in [0, 0.05) is 6.04 Å². The van der Waals surface area contributed by atoms with E-state index in [4.69, 9.17) is 5.11 Å². The molecule has 3 nitrogen and oxygen atoms in total. The Morgan fingerprint density at radius 1 is 1.55 bits per heavy atom. The molecule has 11 heavy (non-hydrogen) atoms. The average Bonchev–Trinajstić information content (AvgIpc) is 2.39. The summed E-state index contributed by atoms with van der Waals surface area (Å²) in [4.78, 5) is 10.9. The molecule has 1 amide bonds. The molecule has 0 heterocycles. The van der Waals surface area contributed by atoms with E-state index in [1.54, 1.807) is 0 Å². The van der Waals surface area contributed by atoms with Crippen LogP contribution in [0.1, 0.15) is 32.6 Å². The molecule has 1 rings (SSSR count). The molecule has 1 aliphatic carbocycles. The van der Waals surface area contributed by atoms with Gasteiger partial charge in [-0.05, 0) is 19.8 Å². The highest BCUT2D eigenvalue weighted by Crippen LogP contribution is 2.17. The Balaban J connectivity index is 2.24. The van der Waals surface area contributed by atoms with Crippen LogP contribution in [-0.2, 0) is 4.79 Å². The summed E-state index contributed by atoms with van der Waals surface area (Å²) in [6.45, 7) is 1.49. The predicted octanol–water partition coefficient (Wildman–Crippen LogP) is 0.426. The fraction of sp³-hybridized carbons (Fsp3) is 0.875. The van der Waals surface area contributed by atoms with E-state index < -0.39 is 6.10 Å². The molecule has 0 aliphatic heterocycles. The molecule has 0 aromatic rings. The number of hydrogen-bond donors (Lipinski definition) is 2. The Hall–Kier alpha value is -0.570. The van der Waals surface area contributed by atoms with Crippen molar-refractivity contribution in [3.8, 4) is 0 Å². The molecule has 1 atom stereocenters. The highest BCUT2D eigenvalue weighted by molar-refractivity contribution is 5.80. The molecule has 0 aromatic heterocycles. The van der Waals surface area contributed by atoms with Crippen molar-refractivity contribution >= 4 is 5.91 Å².